The van der Waals surface area contributed by atoms with Crippen molar-refractivity contribution < 1.29 is 21.5 Å². The van der Waals surface area contributed by atoms with Gasteiger partial charge in [0.1, 0.15) is 0 Å². The van der Waals surface area contributed by atoms with Crippen LogP contribution in [0, 0.1) is 0 Å². The van der Waals surface area contributed by atoms with E-state index in [4.69, 9.17) is 4.74 Å². The van der Waals surface area contributed by atoms with E-state index in [1.807, 2.05) is 18.2 Å². The zero-order chi connectivity index (χ0) is 15.9. The summed E-state index contributed by atoms with van der Waals surface area (Å²) in [4.78, 5) is 4.44. The van der Waals surface area contributed by atoms with E-state index in [9.17, 15) is 8.42 Å². The van der Waals surface area contributed by atoms with Crippen LogP contribution in [0.3, 0.4) is 0 Å². The van der Waals surface area contributed by atoms with Crippen molar-refractivity contribution in [1.29, 1.82) is 0 Å². The van der Waals surface area contributed by atoms with Crippen LogP contribution in [-0.2, 0) is 23.5 Å². The number of rotatable bonds is 5. The number of benzene rings is 1. The largest absolute Gasteiger partial charge is 0.399 e. The van der Waals surface area contributed by atoms with Crippen molar-refractivity contribution in [3.05, 3.63) is 35.4 Å². The fourth-order valence-corrected chi connectivity index (χ4v) is 3.57. The maximum Gasteiger partial charge on any atom is 0.399 e. The van der Waals surface area contributed by atoms with Crippen LogP contribution in [0.15, 0.2) is 30.8 Å². The zero-order valence-electron chi connectivity index (χ0n) is 12.0. The molecule has 6 nitrogen and oxygen atoms in total. The molecule has 21 heavy (non-hydrogen) atoms. The maximum atomic E-state index is 10.2. The van der Waals surface area contributed by atoms with Crippen molar-refractivity contribution in [1.82, 2.24) is 4.98 Å². The van der Waals surface area contributed by atoms with Crippen LogP contribution < -0.4 is 0 Å². The molecule has 0 atom stereocenters. The number of para-hydroxylation sites is 1. The van der Waals surface area contributed by atoms with Gasteiger partial charge in [0.15, 0.2) is 0 Å². The Bertz CT molecular complexity index is 662. The van der Waals surface area contributed by atoms with Gasteiger partial charge in [0, 0.05) is 0 Å². The summed E-state index contributed by atoms with van der Waals surface area (Å²) in [5.41, 5.74) is 1.07. The average molecular weight is 378 g/mol. The topological polar surface area (TPSA) is 74.7 Å². The van der Waals surface area contributed by atoms with E-state index in [1.54, 1.807) is 14.0 Å². The Hall–Kier alpha value is -1.18. The Morgan fingerprint density at radius 1 is 1.33 bits per heavy atom. The Balaban J connectivity index is 0.000000240. The second-order valence-corrected chi connectivity index (χ2v) is 7.14. The van der Waals surface area contributed by atoms with E-state index >= 15 is 0 Å². The van der Waals surface area contributed by atoms with Crippen molar-refractivity contribution in [2.45, 2.75) is 6.92 Å². The Morgan fingerprint density at radius 2 is 2.00 bits per heavy atom. The third-order valence-electron chi connectivity index (χ3n) is 2.25. The van der Waals surface area contributed by atoms with E-state index in [-0.39, 0.29) is 21.1 Å². The monoisotopic (exact) mass is 379 g/mol. The van der Waals surface area contributed by atoms with Gasteiger partial charge in [-0.05, 0) is 6.92 Å². The van der Waals surface area contributed by atoms with Crippen molar-refractivity contribution in [2.75, 3.05) is 20.8 Å². The minimum atomic E-state index is -3.67. The summed E-state index contributed by atoms with van der Waals surface area (Å²) in [6, 6.07) is 8.16. The van der Waals surface area contributed by atoms with Gasteiger partial charge in [0.2, 0.25) is 0 Å². The number of fused-ring (bicyclic) bond motifs is 1. The molecule has 0 N–H and O–H groups in total. The number of methoxy groups -OCH3 is 1. The van der Waals surface area contributed by atoms with Gasteiger partial charge in [-0.2, -0.15) is 8.42 Å². The van der Waals surface area contributed by atoms with E-state index in [0.29, 0.717) is 5.76 Å². The normalized spacial score (nSPS) is 10.8. The molecule has 8 heteroatoms. The Kier molecular flexibility index (Phi) is 7.07. The van der Waals surface area contributed by atoms with Crippen LogP contribution in [0.4, 0.5) is 0 Å². The first-order valence-corrected chi connectivity index (χ1v) is 9.02. The molecule has 0 bridgehead atoms. The molecule has 0 aliphatic rings. The van der Waals surface area contributed by atoms with Gasteiger partial charge in [0.25, 0.3) is 0 Å². The van der Waals surface area contributed by atoms with Crippen molar-refractivity contribution >= 4 is 40.4 Å². The van der Waals surface area contributed by atoms with E-state index in [1.165, 1.54) is 4.26 Å². The van der Waals surface area contributed by atoms with Gasteiger partial charge in [-0.1, -0.05) is 0 Å². The van der Waals surface area contributed by atoms with Crippen LogP contribution in [0.1, 0.15) is 11.5 Å². The smallest absolute Gasteiger partial charge is 0.252 e. The summed E-state index contributed by atoms with van der Waals surface area (Å²) in [6.45, 7) is 5.47. The first-order valence-electron chi connectivity index (χ1n) is 5.97. The van der Waals surface area contributed by atoms with Gasteiger partial charge in [-0.25, -0.2) is 4.18 Å². The van der Waals surface area contributed by atoms with Crippen LogP contribution in [0.2, 0.25) is 0 Å². The first kappa shape index (κ1) is 17.9. The SMILES string of the molecule is C=C(OC)c1nc2ccccc2[se]1.CCOS(=O)(=O)OC. The second-order valence-electron chi connectivity index (χ2n) is 3.60. The van der Waals surface area contributed by atoms with Crippen LogP contribution in [0.25, 0.3) is 15.5 Å². The molecule has 1 heterocycles. The molecule has 0 fully saturated rings. The summed E-state index contributed by atoms with van der Waals surface area (Å²) in [5, 5.41) is 0. The van der Waals surface area contributed by atoms with Gasteiger partial charge >= 0.3 is 92.7 Å². The molecule has 0 amide bonds. The summed E-state index contributed by atoms with van der Waals surface area (Å²) >= 11 is 0.268. The third kappa shape index (κ3) is 5.61. The molecule has 0 unspecified atom stereocenters. The number of nitrogens with zero attached hydrogens (tertiary/aromatic N) is 1. The van der Waals surface area contributed by atoms with Crippen LogP contribution in [0.5, 0.6) is 0 Å². The average Bonchev–Trinajstić information content (AvgIpc) is 2.91. The third-order valence-corrected chi connectivity index (χ3v) is 5.44. The predicted octanol–water partition coefficient (Wildman–Crippen LogP) is 1.82. The molecule has 0 aliphatic carbocycles. The fraction of sp³-hybridized carbons (Fsp3) is 0.308. The van der Waals surface area contributed by atoms with Crippen molar-refractivity contribution in [3.63, 3.8) is 0 Å². The molecular weight excluding hydrogens is 361 g/mol. The van der Waals surface area contributed by atoms with Gasteiger partial charge < -0.3 is 0 Å². The Morgan fingerprint density at radius 3 is 2.48 bits per heavy atom. The number of ether oxygens (including phenoxy) is 1. The van der Waals surface area contributed by atoms with Crippen LogP contribution >= 0.6 is 0 Å². The van der Waals surface area contributed by atoms with Gasteiger partial charge in [-0.3, -0.25) is 4.18 Å². The first-order chi connectivity index (χ1) is 9.93. The summed E-state index contributed by atoms with van der Waals surface area (Å²) in [6.07, 6.45) is 0. The molecular formula is C13H17NO5SSe. The molecule has 1 aromatic heterocycles. The fourth-order valence-electron chi connectivity index (χ4n) is 1.27. The zero-order valence-corrected chi connectivity index (χ0v) is 14.6. The van der Waals surface area contributed by atoms with E-state index in [0.717, 1.165) is 17.2 Å². The number of hydrogen-bond donors (Lipinski definition) is 0. The Labute approximate surface area is 130 Å². The minimum Gasteiger partial charge on any atom is -0.252 e. The molecule has 2 rings (SSSR count). The molecule has 0 aliphatic heterocycles. The maximum absolute atomic E-state index is 10.2. The van der Waals surface area contributed by atoms with E-state index in [2.05, 4.69) is 26.0 Å². The van der Waals surface area contributed by atoms with Crippen molar-refractivity contribution in [2.24, 2.45) is 0 Å². The molecule has 0 spiro atoms. The predicted molar refractivity (Wildman–Crippen MR) is 82.3 cm³/mol. The molecule has 116 valence electrons. The molecule has 0 radical (unpaired) electrons. The van der Waals surface area contributed by atoms with Crippen molar-refractivity contribution in [3.8, 4) is 0 Å². The van der Waals surface area contributed by atoms with Crippen LogP contribution in [-0.4, -0.2) is 48.7 Å². The standard InChI is InChI=1S/C10H9NOSe.C3H8O4S/c1-7(12-2)10-11-8-5-3-4-6-9(8)13-10;1-3-7-8(4,5)6-2/h3-6H,1H2,2H3;3H2,1-2H3. The summed E-state index contributed by atoms with van der Waals surface area (Å²) in [7, 11) is -0.994. The van der Waals surface area contributed by atoms with Gasteiger partial charge in [-0.15, -0.1) is 0 Å². The minimum absolute atomic E-state index is 0.107. The van der Waals surface area contributed by atoms with Gasteiger partial charge in [0.05, 0.1) is 13.7 Å². The quantitative estimate of drug-likeness (QED) is 0.584. The summed E-state index contributed by atoms with van der Waals surface area (Å²) < 4.78 is 35.7. The number of hydrogen-bond acceptors (Lipinski definition) is 6. The van der Waals surface area contributed by atoms with E-state index < -0.39 is 10.4 Å². The molecule has 0 saturated carbocycles. The molecule has 1 aromatic carbocycles. The molecule has 2 aromatic rings. The summed E-state index contributed by atoms with van der Waals surface area (Å²) in [5.74, 6) is 0.691. The number of aromatic nitrogens is 1. The second kappa shape index (κ2) is 8.31. The molecule has 0 saturated heterocycles.